The van der Waals surface area contributed by atoms with E-state index in [2.05, 4.69) is 6.07 Å². The highest BCUT2D eigenvalue weighted by Crippen LogP contribution is 2.31. The van der Waals surface area contributed by atoms with E-state index >= 15 is 0 Å². The minimum Gasteiger partial charge on any atom is -0.399 e. The molecule has 0 spiro atoms. The van der Waals surface area contributed by atoms with Crippen molar-refractivity contribution in [2.24, 2.45) is 0 Å². The summed E-state index contributed by atoms with van der Waals surface area (Å²) in [6.07, 6.45) is 0. The van der Waals surface area contributed by atoms with E-state index in [1.54, 1.807) is 6.07 Å². The summed E-state index contributed by atoms with van der Waals surface area (Å²) in [5, 5.41) is 0. The number of hydrogen-bond acceptors (Lipinski definition) is 3. The third-order valence-electron chi connectivity index (χ3n) is 2.57. The summed E-state index contributed by atoms with van der Waals surface area (Å²) in [5.74, 6) is 0. The summed E-state index contributed by atoms with van der Waals surface area (Å²) < 4.78 is 0. The Bertz CT molecular complexity index is 512. The lowest BCUT2D eigenvalue weighted by Crippen LogP contribution is -2.10. The van der Waals surface area contributed by atoms with Crippen LogP contribution in [0.3, 0.4) is 0 Å². The highest BCUT2D eigenvalue weighted by atomic mass is 15.1. The Labute approximate surface area is 102 Å². The smallest absolute Gasteiger partial charge is 0.0521 e. The molecule has 87 valence electrons. The lowest BCUT2D eigenvalue weighted by molar-refractivity contribution is 1.13. The fourth-order valence-corrected chi connectivity index (χ4v) is 1.86. The highest BCUT2D eigenvalue weighted by Gasteiger charge is 2.07. The minimum atomic E-state index is 0.675. The quantitative estimate of drug-likeness (QED) is 0.773. The molecular formula is C14H16N3. The van der Waals surface area contributed by atoms with Crippen LogP contribution in [0.2, 0.25) is 0 Å². The number of rotatable bonds is 2. The molecule has 0 amide bonds. The Morgan fingerprint density at radius 1 is 1.06 bits per heavy atom. The molecule has 0 aromatic heterocycles. The zero-order valence-corrected chi connectivity index (χ0v) is 10.1. The van der Waals surface area contributed by atoms with Crippen LogP contribution in [0.15, 0.2) is 36.4 Å². The normalized spacial score (nSPS) is 10.2. The van der Waals surface area contributed by atoms with Gasteiger partial charge in [-0.3, -0.25) is 0 Å². The van der Waals surface area contributed by atoms with Crippen molar-refractivity contribution in [3.05, 3.63) is 42.5 Å². The molecule has 0 saturated heterocycles. The second-order valence-electron chi connectivity index (χ2n) is 4.22. The SMILES string of the molecule is CN(C)c1[c]cccc1-c1cc(N)cc(N)c1. The second-order valence-corrected chi connectivity index (χ2v) is 4.22. The number of nitrogens with zero attached hydrogens (tertiary/aromatic N) is 1. The molecule has 0 fully saturated rings. The first-order valence-corrected chi connectivity index (χ1v) is 5.42. The van der Waals surface area contributed by atoms with Gasteiger partial charge in [0, 0.05) is 37.1 Å². The van der Waals surface area contributed by atoms with Crippen LogP contribution >= 0.6 is 0 Å². The molecule has 0 heterocycles. The number of para-hydroxylation sites is 1. The summed E-state index contributed by atoms with van der Waals surface area (Å²) in [4.78, 5) is 2.02. The van der Waals surface area contributed by atoms with Crippen LogP contribution < -0.4 is 16.4 Å². The van der Waals surface area contributed by atoms with Crippen molar-refractivity contribution in [2.45, 2.75) is 0 Å². The Kier molecular flexibility index (Phi) is 2.91. The van der Waals surface area contributed by atoms with Gasteiger partial charge in [-0.05, 0) is 23.8 Å². The van der Waals surface area contributed by atoms with E-state index < -0.39 is 0 Å². The van der Waals surface area contributed by atoms with Gasteiger partial charge < -0.3 is 16.4 Å². The molecule has 0 atom stereocenters. The van der Waals surface area contributed by atoms with E-state index in [9.17, 15) is 0 Å². The molecule has 3 nitrogen and oxygen atoms in total. The summed E-state index contributed by atoms with van der Waals surface area (Å²) >= 11 is 0. The Morgan fingerprint density at radius 2 is 1.71 bits per heavy atom. The van der Waals surface area contributed by atoms with Crippen LogP contribution in [0.5, 0.6) is 0 Å². The van der Waals surface area contributed by atoms with Gasteiger partial charge in [-0.2, -0.15) is 0 Å². The zero-order valence-electron chi connectivity index (χ0n) is 10.1. The molecule has 0 aliphatic carbocycles. The van der Waals surface area contributed by atoms with Gasteiger partial charge in [0.05, 0.1) is 5.69 Å². The number of nitrogens with two attached hydrogens (primary N) is 2. The van der Waals surface area contributed by atoms with Gasteiger partial charge in [0.1, 0.15) is 0 Å². The lowest BCUT2D eigenvalue weighted by Gasteiger charge is -2.17. The van der Waals surface area contributed by atoms with Crippen molar-refractivity contribution >= 4 is 17.1 Å². The molecule has 2 rings (SSSR count). The number of nitrogen functional groups attached to an aromatic ring is 2. The average molecular weight is 226 g/mol. The Balaban J connectivity index is 2.60. The van der Waals surface area contributed by atoms with E-state index in [0.29, 0.717) is 11.4 Å². The predicted molar refractivity (Wildman–Crippen MR) is 73.9 cm³/mol. The first kappa shape index (κ1) is 11.3. The first-order chi connectivity index (χ1) is 8.08. The van der Waals surface area contributed by atoms with E-state index in [1.807, 2.05) is 49.3 Å². The molecule has 2 aromatic rings. The minimum absolute atomic E-state index is 0.675. The molecule has 0 bridgehead atoms. The molecule has 3 heteroatoms. The summed E-state index contributed by atoms with van der Waals surface area (Å²) in [7, 11) is 3.98. The fraction of sp³-hybridized carbons (Fsp3) is 0.143. The molecule has 1 radical (unpaired) electrons. The van der Waals surface area contributed by atoms with Crippen LogP contribution in [0.25, 0.3) is 11.1 Å². The van der Waals surface area contributed by atoms with Gasteiger partial charge in [0.2, 0.25) is 0 Å². The third kappa shape index (κ3) is 2.33. The number of hydrogen-bond donors (Lipinski definition) is 2. The van der Waals surface area contributed by atoms with Crippen molar-refractivity contribution in [3.63, 3.8) is 0 Å². The van der Waals surface area contributed by atoms with Crippen LogP contribution in [0.4, 0.5) is 17.1 Å². The number of anilines is 3. The van der Waals surface area contributed by atoms with E-state index in [-0.39, 0.29) is 0 Å². The molecule has 0 aliphatic rings. The standard InChI is InChI=1S/C14H16N3/c1-17(2)14-6-4-3-5-13(14)10-7-11(15)9-12(16)8-10/h3-5,7-9H,15-16H2,1-2H3. The van der Waals surface area contributed by atoms with Crippen molar-refractivity contribution in [1.29, 1.82) is 0 Å². The lowest BCUT2D eigenvalue weighted by atomic mass is 10.0. The Morgan fingerprint density at radius 3 is 2.29 bits per heavy atom. The maximum absolute atomic E-state index is 5.82. The van der Waals surface area contributed by atoms with E-state index in [0.717, 1.165) is 16.8 Å². The third-order valence-corrected chi connectivity index (χ3v) is 2.57. The molecule has 0 aliphatic heterocycles. The van der Waals surface area contributed by atoms with Crippen LogP contribution in [0.1, 0.15) is 0 Å². The molecule has 2 aromatic carbocycles. The maximum Gasteiger partial charge on any atom is 0.0521 e. The maximum atomic E-state index is 5.82. The molecular weight excluding hydrogens is 210 g/mol. The molecule has 0 unspecified atom stereocenters. The Hall–Kier alpha value is -2.16. The van der Waals surface area contributed by atoms with Crippen LogP contribution in [-0.4, -0.2) is 14.1 Å². The zero-order chi connectivity index (χ0) is 12.4. The highest BCUT2D eigenvalue weighted by molar-refractivity contribution is 5.81. The van der Waals surface area contributed by atoms with Gasteiger partial charge in [0.15, 0.2) is 0 Å². The topological polar surface area (TPSA) is 55.3 Å². The van der Waals surface area contributed by atoms with Crippen molar-refractivity contribution in [3.8, 4) is 11.1 Å². The average Bonchev–Trinajstić information content (AvgIpc) is 2.27. The van der Waals surface area contributed by atoms with Gasteiger partial charge in [-0.15, -0.1) is 0 Å². The number of benzene rings is 2. The van der Waals surface area contributed by atoms with Gasteiger partial charge in [-0.25, -0.2) is 0 Å². The summed E-state index contributed by atoms with van der Waals surface area (Å²) in [5.41, 5.74) is 16.1. The van der Waals surface area contributed by atoms with Gasteiger partial charge in [-0.1, -0.05) is 18.2 Å². The van der Waals surface area contributed by atoms with Gasteiger partial charge >= 0.3 is 0 Å². The van der Waals surface area contributed by atoms with E-state index in [1.165, 1.54) is 0 Å². The van der Waals surface area contributed by atoms with Gasteiger partial charge in [0.25, 0.3) is 0 Å². The largest absolute Gasteiger partial charge is 0.399 e. The van der Waals surface area contributed by atoms with Crippen molar-refractivity contribution < 1.29 is 0 Å². The predicted octanol–water partition coefficient (Wildman–Crippen LogP) is 2.38. The second kappa shape index (κ2) is 4.37. The van der Waals surface area contributed by atoms with E-state index in [4.69, 9.17) is 11.5 Å². The van der Waals surface area contributed by atoms with Crippen molar-refractivity contribution in [2.75, 3.05) is 30.5 Å². The molecule has 4 N–H and O–H groups in total. The van der Waals surface area contributed by atoms with Crippen molar-refractivity contribution in [1.82, 2.24) is 0 Å². The molecule has 17 heavy (non-hydrogen) atoms. The summed E-state index contributed by atoms with van der Waals surface area (Å²) in [6.45, 7) is 0. The summed E-state index contributed by atoms with van der Waals surface area (Å²) in [6, 6.07) is 14.7. The monoisotopic (exact) mass is 226 g/mol. The fourth-order valence-electron chi connectivity index (χ4n) is 1.86. The molecule has 0 saturated carbocycles. The first-order valence-electron chi connectivity index (χ1n) is 5.42. The van der Waals surface area contributed by atoms with Crippen LogP contribution in [0, 0.1) is 6.07 Å². The van der Waals surface area contributed by atoms with Crippen LogP contribution in [-0.2, 0) is 0 Å².